The third kappa shape index (κ3) is 6.04. The van der Waals surface area contributed by atoms with Gasteiger partial charge in [-0.15, -0.1) is 0 Å². The second-order valence-electron chi connectivity index (χ2n) is 13.6. The van der Waals surface area contributed by atoms with Crippen LogP contribution in [0.2, 0.25) is 0 Å². The molecule has 42 heavy (non-hydrogen) atoms. The predicted molar refractivity (Wildman–Crippen MR) is 170 cm³/mol. The first kappa shape index (κ1) is 31.5. The molecule has 0 aromatic heterocycles. The van der Waals surface area contributed by atoms with Gasteiger partial charge in [-0.25, -0.2) is 5.01 Å². The van der Waals surface area contributed by atoms with Gasteiger partial charge in [0.15, 0.2) is 0 Å². The van der Waals surface area contributed by atoms with Crippen LogP contribution >= 0.6 is 0 Å². The van der Waals surface area contributed by atoms with Crippen molar-refractivity contribution in [1.29, 1.82) is 0 Å². The molecule has 1 heterocycles. The molecular formula is C34H48N4O4. The SMILES string of the molecule is CCN(CCCC1CCCC1)c1ccc(C2=C(O)/C(=C3\C(=O)N(C(C)(C)C)N=C3C)C2=O)c(NC(=O)C(C)(C)CC)c1. The van der Waals surface area contributed by atoms with Crippen LogP contribution in [-0.4, -0.2) is 52.1 Å². The summed E-state index contributed by atoms with van der Waals surface area (Å²) in [5.74, 6) is -0.402. The fraction of sp³-hybridized carbons (Fsp3) is 0.588. The molecule has 2 aliphatic carbocycles. The smallest absolute Gasteiger partial charge is 0.277 e. The molecule has 8 nitrogen and oxygen atoms in total. The van der Waals surface area contributed by atoms with E-state index >= 15 is 0 Å². The fourth-order valence-corrected chi connectivity index (χ4v) is 5.97. The van der Waals surface area contributed by atoms with Gasteiger partial charge in [-0.05, 0) is 78.0 Å². The van der Waals surface area contributed by atoms with Crippen molar-refractivity contribution >= 4 is 40.3 Å². The van der Waals surface area contributed by atoms with E-state index in [1.807, 2.05) is 53.7 Å². The van der Waals surface area contributed by atoms with Gasteiger partial charge in [0.2, 0.25) is 11.7 Å². The highest BCUT2D eigenvalue weighted by Crippen LogP contribution is 2.44. The molecule has 1 aromatic rings. The number of amides is 2. The number of carbonyl (C=O) groups excluding carboxylic acids is 3. The summed E-state index contributed by atoms with van der Waals surface area (Å²) in [6.45, 7) is 16.8. The first-order chi connectivity index (χ1) is 19.7. The summed E-state index contributed by atoms with van der Waals surface area (Å²) in [4.78, 5) is 42.4. The van der Waals surface area contributed by atoms with E-state index in [2.05, 4.69) is 22.2 Å². The molecule has 228 valence electrons. The largest absolute Gasteiger partial charge is 0.506 e. The van der Waals surface area contributed by atoms with Crippen molar-refractivity contribution in [2.45, 2.75) is 106 Å². The zero-order chi connectivity index (χ0) is 31.0. The number of Topliss-reactive ketones (excluding diaryl/α,β-unsaturated/α-hetero) is 1. The Morgan fingerprint density at radius 2 is 1.74 bits per heavy atom. The third-order valence-electron chi connectivity index (χ3n) is 9.11. The topological polar surface area (TPSA) is 102 Å². The molecule has 1 saturated carbocycles. The number of hydrogen-bond donors (Lipinski definition) is 2. The van der Waals surface area contributed by atoms with E-state index < -0.39 is 22.6 Å². The molecule has 2 amide bonds. The van der Waals surface area contributed by atoms with Gasteiger partial charge in [-0.1, -0.05) is 46.5 Å². The van der Waals surface area contributed by atoms with Gasteiger partial charge >= 0.3 is 0 Å². The maximum Gasteiger partial charge on any atom is 0.277 e. The Bertz CT molecular complexity index is 1360. The maximum absolute atomic E-state index is 13.6. The number of rotatable bonds is 10. The van der Waals surface area contributed by atoms with Crippen molar-refractivity contribution in [3.05, 3.63) is 40.7 Å². The van der Waals surface area contributed by atoms with Gasteiger partial charge in [0, 0.05) is 29.8 Å². The highest BCUT2D eigenvalue weighted by atomic mass is 16.3. The Morgan fingerprint density at radius 3 is 2.29 bits per heavy atom. The van der Waals surface area contributed by atoms with Crippen LogP contribution in [-0.2, 0) is 14.4 Å². The van der Waals surface area contributed by atoms with Gasteiger partial charge in [-0.3, -0.25) is 14.4 Å². The molecule has 0 atom stereocenters. The number of carbonyl (C=O) groups is 3. The average molecular weight is 577 g/mol. The minimum atomic E-state index is -0.619. The van der Waals surface area contributed by atoms with E-state index in [1.54, 1.807) is 13.0 Å². The van der Waals surface area contributed by atoms with Crippen LogP contribution in [0.25, 0.3) is 5.57 Å². The number of hydrogen-bond acceptors (Lipinski definition) is 6. The standard InChI is InChI=1S/C34H48N4O4/c1-9-34(7,8)32(42)35-25-20-23(37(10-2)19-13-16-22-14-11-12-15-22)17-18-24(25)27-29(39)28(30(27)40)26-21(3)36-38(31(26)41)33(4,5)6/h17-18,20,22,39H,9-16,19H2,1-8H3,(H,35,42)/b28-26+. The number of aliphatic hydroxyl groups excluding tert-OH is 1. The number of hydrazone groups is 1. The number of nitrogens with zero attached hydrogens (tertiary/aromatic N) is 3. The lowest BCUT2D eigenvalue weighted by Crippen LogP contribution is -2.40. The fourth-order valence-electron chi connectivity index (χ4n) is 5.97. The highest BCUT2D eigenvalue weighted by Gasteiger charge is 2.45. The summed E-state index contributed by atoms with van der Waals surface area (Å²) < 4.78 is 0. The second-order valence-corrected chi connectivity index (χ2v) is 13.6. The van der Waals surface area contributed by atoms with Crippen LogP contribution in [0.4, 0.5) is 11.4 Å². The molecule has 1 aliphatic heterocycles. The Morgan fingerprint density at radius 1 is 1.07 bits per heavy atom. The molecule has 0 saturated heterocycles. The van der Waals surface area contributed by atoms with E-state index in [0.717, 1.165) is 31.1 Å². The van der Waals surface area contributed by atoms with E-state index in [1.165, 1.54) is 37.1 Å². The van der Waals surface area contributed by atoms with E-state index in [9.17, 15) is 19.5 Å². The van der Waals surface area contributed by atoms with Gasteiger partial charge in [0.05, 0.1) is 33.7 Å². The lowest BCUT2D eigenvalue weighted by atomic mass is 9.79. The van der Waals surface area contributed by atoms with Crippen molar-refractivity contribution in [3.8, 4) is 0 Å². The molecule has 0 bridgehead atoms. The average Bonchev–Trinajstić information content (AvgIpc) is 3.56. The minimum Gasteiger partial charge on any atom is -0.506 e. The number of aliphatic hydroxyl groups is 1. The summed E-state index contributed by atoms with van der Waals surface area (Å²) in [7, 11) is 0. The van der Waals surface area contributed by atoms with E-state index in [-0.39, 0.29) is 28.4 Å². The van der Waals surface area contributed by atoms with Crippen molar-refractivity contribution in [1.82, 2.24) is 5.01 Å². The van der Waals surface area contributed by atoms with Gasteiger partial charge in [-0.2, -0.15) is 5.10 Å². The molecule has 8 heteroatoms. The summed E-state index contributed by atoms with van der Waals surface area (Å²) in [5, 5.41) is 20.0. The zero-order valence-electron chi connectivity index (χ0n) is 26.7. The summed E-state index contributed by atoms with van der Waals surface area (Å²) in [6.07, 6.45) is 8.33. The Hall–Kier alpha value is -3.42. The van der Waals surface area contributed by atoms with Crippen LogP contribution in [0.1, 0.15) is 106 Å². The van der Waals surface area contributed by atoms with Crippen LogP contribution in [0, 0.1) is 11.3 Å². The van der Waals surface area contributed by atoms with Crippen LogP contribution in [0.3, 0.4) is 0 Å². The van der Waals surface area contributed by atoms with Crippen molar-refractivity contribution < 1.29 is 19.5 Å². The van der Waals surface area contributed by atoms with Crippen molar-refractivity contribution in [3.63, 3.8) is 0 Å². The molecular weight excluding hydrogens is 528 g/mol. The maximum atomic E-state index is 13.6. The first-order valence-electron chi connectivity index (χ1n) is 15.5. The van der Waals surface area contributed by atoms with Gasteiger partial charge in [0.25, 0.3) is 5.91 Å². The molecule has 1 aromatic carbocycles. The number of benzene rings is 1. The number of nitrogens with one attached hydrogen (secondary N) is 1. The molecule has 1 fully saturated rings. The predicted octanol–water partition coefficient (Wildman–Crippen LogP) is 7.02. The number of anilines is 2. The lowest BCUT2D eigenvalue weighted by molar-refractivity contribution is -0.130. The minimum absolute atomic E-state index is 0.0136. The van der Waals surface area contributed by atoms with E-state index in [0.29, 0.717) is 23.4 Å². The Kier molecular flexibility index (Phi) is 9.05. The van der Waals surface area contributed by atoms with Crippen molar-refractivity contribution in [2.24, 2.45) is 16.4 Å². The van der Waals surface area contributed by atoms with E-state index in [4.69, 9.17) is 0 Å². The molecule has 0 unspecified atom stereocenters. The third-order valence-corrected chi connectivity index (χ3v) is 9.11. The first-order valence-corrected chi connectivity index (χ1v) is 15.5. The number of allylic oxidation sites excluding steroid dienone is 2. The Labute approximate surface area is 250 Å². The normalized spacial score (nSPS) is 19.9. The highest BCUT2D eigenvalue weighted by molar-refractivity contribution is 6.44. The molecule has 3 aliphatic rings. The molecule has 0 spiro atoms. The molecule has 4 rings (SSSR count). The monoisotopic (exact) mass is 576 g/mol. The van der Waals surface area contributed by atoms with Crippen LogP contribution < -0.4 is 10.2 Å². The molecule has 0 radical (unpaired) electrons. The van der Waals surface area contributed by atoms with Crippen LogP contribution in [0.5, 0.6) is 0 Å². The van der Waals surface area contributed by atoms with Crippen molar-refractivity contribution in [2.75, 3.05) is 23.3 Å². The van der Waals surface area contributed by atoms with Gasteiger partial charge < -0.3 is 15.3 Å². The Balaban J connectivity index is 1.70. The van der Waals surface area contributed by atoms with Gasteiger partial charge in [0.1, 0.15) is 5.76 Å². The number of ketones is 1. The molecule has 2 N–H and O–H groups in total. The second kappa shape index (κ2) is 12.1. The summed E-state index contributed by atoms with van der Waals surface area (Å²) in [6, 6.07) is 5.65. The lowest BCUT2D eigenvalue weighted by Gasteiger charge is -2.30. The summed E-state index contributed by atoms with van der Waals surface area (Å²) in [5.41, 5.74) is 1.31. The summed E-state index contributed by atoms with van der Waals surface area (Å²) >= 11 is 0. The zero-order valence-corrected chi connectivity index (χ0v) is 26.7. The quantitative estimate of drug-likeness (QED) is 0.291. The van der Waals surface area contributed by atoms with Crippen LogP contribution in [0.15, 0.2) is 40.2 Å².